The van der Waals surface area contributed by atoms with Crippen LogP contribution in [0.5, 0.6) is 0 Å². The Kier molecular flexibility index (Phi) is 4.45. The molecule has 0 saturated carbocycles. The molecule has 0 spiro atoms. The fourth-order valence-electron chi connectivity index (χ4n) is 5.48. The van der Waals surface area contributed by atoms with Crippen LogP contribution >= 0.6 is 0 Å². The molecular weight excluding hydrogens is 466 g/mol. The van der Waals surface area contributed by atoms with Gasteiger partial charge in [0.05, 0.1) is 33.6 Å². The van der Waals surface area contributed by atoms with Crippen LogP contribution in [-0.4, -0.2) is 19.5 Å². The van der Waals surface area contributed by atoms with Crippen molar-refractivity contribution in [2.45, 2.75) is 0 Å². The van der Waals surface area contributed by atoms with Gasteiger partial charge in [0.15, 0.2) is 0 Å². The van der Waals surface area contributed by atoms with E-state index in [2.05, 4.69) is 100 Å². The lowest BCUT2D eigenvalue weighted by molar-refractivity contribution is 1.01. The van der Waals surface area contributed by atoms with Crippen LogP contribution in [0.3, 0.4) is 0 Å². The summed E-state index contributed by atoms with van der Waals surface area (Å²) in [7, 11) is 0. The SMILES string of the molecule is c1ccc(-c2nc(N3c4ccccc4-c4ccccc4-n4c3nc3ccccc34)nc3ccccc23)cc1. The first kappa shape index (κ1) is 20.9. The highest BCUT2D eigenvalue weighted by molar-refractivity contribution is 5.98. The van der Waals surface area contributed by atoms with Crippen molar-refractivity contribution in [1.29, 1.82) is 0 Å². The number of aromatic nitrogens is 4. The van der Waals surface area contributed by atoms with Gasteiger partial charge in [0, 0.05) is 22.1 Å². The summed E-state index contributed by atoms with van der Waals surface area (Å²) in [6.07, 6.45) is 0. The summed E-state index contributed by atoms with van der Waals surface area (Å²) in [4.78, 5) is 17.6. The second kappa shape index (κ2) is 8.11. The van der Waals surface area contributed by atoms with E-state index in [4.69, 9.17) is 15.0 Å². The Morgan fingerprint density at radius 2 is 1.11 bits per heavy atom. The zero-order valence-corrected chi connectivity index (χ0v) is 20.4. The first-order valence-electron chi connectivity index (χ1n) is 12.7. The number of hydrogen-bond donors (Lipinski definition) is 0. The number of fused-ring (bicyclic) bond motifs is 8. The Hall–Kier alpha value is -5.29. The lowest BCUT2D eigenvalue weighted by Crippen LogP contribution is -2.17. The molecular formula is C33H21N5. The fourth-order valence-corrected chi connectivity index (χ4v) is 5.48. The Bertz CT molecular complexity index is 1990. The maximum atomic E-state index is 5.23. The lowest BCUT2D eigenvalue weighted by atomic mass is 10.0. The smallest absolute Gasteiger partial charge is 0.238 e. The van der Waals surface area contributed by atoms with Crippen molar-refractivity contribution in [3.63, 3.8) is 0 Å². The molecule has 0 saturated heterocycles. The molecule has 2 aromatic heterocycles. The molecule has 0 fully saturated rings. The summed E-state index contributed by atoms with van der Waals surface area (Å²) in [5.41, 5.74) is 9.11. The summed E-state index contributed by atoms with van der Waals surface area (Å²) in [5, 5.41) is 1.02. The van der Waals surface area contributed by atoms with Gasteiger partial charge >= 0.3 is 0 Å². The Labute approximate surface area is 219 Å². The van der Waals surface area contributed by atoms with E-state index in [9.17, 15) is 0 Å². The van der Waals surface area contributed by atoms with E-state index in [1.54, 1.807) is 0 Å². The Morgan fingerprint density at radius 1 is 0.474 bits per heavy atom. The van der Waals surface area contributed by atoms with Crippen LogP contribution in [-0.2, 0) is 0 Å². The normalized spacial score (nSPS) is 12.2. The maximum Gasteiger partial charge on any atom is 0.238 e. The van der Waals surface area contributed by atoms with Gasteiger partial charge in [0.2, 0.25) is 11.9 Å². The standard InChI is InChI=1S/C33H21N5/c1-2-12-22(13-3-1)31-25-16-4-7-17-26(25)34-32(36-31)38-29-20-10-6-15-24(29)23-14-5-9-19-28(23)37-30-21-11-8-18-27(30)35-33(37)38/h1-21H. The number of imidazole rings is 1. The monoisotopic (exact) mass is 487 g/mol. The van der Waals surface area contributed by atoms with Crippen molar-refractivity contribution in [3.05, 3.63) is 127 Å². The van der Waals surface area contributed by atoms with Crippen molar-refractivity contribution >= 4 is 39.5 Å². The van der Waals surface area contributed by atoms with Crippen LogP contribution in [0.2, 0.25) is 0 Å². The zero-order valence-electron chi connectivity index (χ0n) is 20.4. The van der Waals surface area contributed by atoms with E-state index in [1.165, 1.54) is 0 Å². The van der Waals surface area contributed by atoms with Gasteiger partial charge in [-0.1, -0.05) is 97.1 Å². The quantitative estimate of drug-likeness (QED) is 0.247. The van der Waals surface area contributed by atoms with Crippen LogP contribution in [0, 0.1) is 0 Å². The van der Waals surface area contributed by atoms with Gasteiger partial charge in [-0.15, -0.1) is 0 Å². The largest absolute Gasteiger partial charge is 0.277 e. The van der Waals surface area contributed by atoms with Crippen molar-refractivity contribution in [1.82, 2.24) is 19.5 Å². The molecule has 5 nitrogen and oxygen atoms in total. The zero-order chi connectivity index (χ0) is 25.1. The maximum absolute atomic E-state index is 5.23. The third-order valence-corrected chi connectivity index (χ3v) is 7.16. The number of rotatable bonds is 2. The second-order valence-electron chi connectivity index (χ2n) is 9.36. The summed E-state index contributed by atoms with van der Waals surface area (Å²) >= 11 is 0. The van der Waals surface area contributed by atoms with E-state index in [1.807, 2.05) is 36.4 Å². The molecule has 38 heavy (non-hydrogen) atoms. The van der Waals surface area contributed by atoms with Crippen molar-refractivity contribution in [2.75, 3.05) is 4.90 Å². The van der Waals surface area contributed by atoms with Crippen LogP contribution in [0.4, 0.5) is 17.6 Å². The number of para-hydroxylation sites is 5. The number of benzene rings is 5. The molecule has 3 heterocycles. The van der Waals surface area contributed by atoms with Crippen molar-refractivity contribution in [3.8, 4) is 28.1 Å². The van der Waals surface area contributed by atoms with Gasteiger partial charge in [-0.25, -0.2) is 19.9 Å². The van der Waals surface area contributed by atoms with Gasteiger partial charge < -0.3 is 0 Å². The third-order valence-electron chi connectivity index (χ3n) is 7.16. The third kappa shape index (κ3) is 3.02. The van der Waals surface area contributed by atoms with E-state index in [0.717, 1.165) is 61.6 Å². The van der Waals surface area contributed by atoms with Gasteiger partial charge in [0.1, 0.15) is 0 Å². The second-order valence-corrected chi connectivity index (χ2v) is 9.36. The molecule has 0 aliphatic carbocycles. The molecule has 0 radical (unpaired) electrons. The first-order chi connectivity index (χ1) is 18.9. The molecule has 7 aromatic rings. The van der Waals surface area contributed by atoms with Crippen LogP contribution in [0.15, 0.2) is 127 Å². The van der Waals surface area contributed by atoms with Crippen molar-refractivity contribution in [2.24, 2.45) is 0 Å². The molecule has 0 atom stereocenters. The summed E-state index contributed by atoms with van der Waals surface area (Å²) in [5.74, 6) is 1.34. The number of hydrogen-bond acceptors (Lipinski definition) is 4. The average molecular weight is 488 g/mol. The van der Waals surface area contributed by atoms with Crippen molar-refractivity contribution < 1.29 is 0 Å². The summed E-state index contributed by atoms with van der Waals surface area (Å²) in [6, 6.07) is 43.7. The molecule has 0 amide bonds. The topological polar surface area (TPSA) is 46.8 Å². The van der Waals surface area contributed by atoms with Crippen LogP contribution in [0.1, 0.15) is 0 Å². The van der Waals surface area contributed by atoms with E-state index in [0.29, 0.717) is 5.95 Å². The van der Waals surface area contributed by atoms with E-state index < -0.39 is 0 Å². The predicted octanol–water partition coefficient (Wildman–Crippen LogP) is 8.09. The molecule has 1 aliphatic heterocycles. The highest BCUT2D eigenvalue weighted by Gasteiger charge is 2.30. The van der Waals surface area contributed by atoms with Gasteiger partial charge in [-0.05, 0) is 30.3 Å². The molecule has 0 bridgehead atoms. The molecule has 5 aromatic carbocycles. The molecule has 8 rings (SSSR count). The Morgan fingerprint density at radius 3 is 1.95 bits per heavy atom. The lowest BCUT2D eigenvalue weighted by Gasteiger charge is -2.23. The van der Waals surface area contributed by atoms with Gasteiger partial charge in [0.25, 0.3) is 0 Å². The van der Waals surface area contributed by atoms with Gasteiger partial charge in [-0.3, -0.25) is 4.57 Å². The summed E-state index contributed by atoms with van der Waals surface area (Å²) < 4.78 is 2.23. The first-order valence-corrected chi connectivity index (χ1v) is 12.7. The average Bonchev–Trinajstić information content (AvgIpc) is 3.31. The molecule has 1 aliphatic rings. The van der Waals surface area contributed by atoms with Crippen LogP contribution < -0.4 is 4.90 Å². The minimum Gasteiger partial charge on any atom is -0.277 e. The van der Waals surface area contributed by atoms with E-state index >= 15 is 0 Å². The molecule has 5 heteroatoms. The number of nitrogens with zero attached hydrogens (tertiary/aromatic N) is 5. The molecule has 178 valence electrons. The number of anilines is 3. The van der Waals surface area contributed by atoms with Crippen LogP contribution in [0.25, 0.3) is 50.0 Å². The Balaban J connectivity index is 1.51. The molecule has 0 N–H and O–H groups in total. The molecule has 0 unspecified atom stereocenters. The minimum absolute atomic E-state index is 0.583. The van der Waals surface area contributed by atoms with Gasteiger partial charge in [-0.2, -0.15) is 0 Å². The minimum atomic E-state index is 0.583. The van der Waals surface area contributed by atoms with E-state index in [-0.39, 0.29) is 0 Å². The summed E-state index contributed by atoms with van der Waals surface area (Å²) in [6.45, 7) is 0. The predicted molar refractivity (Wildman–Crippen MR) is 153 cm³/mol. The highest BCUT2D eigenvalue weighted by Crippen LogP contribution is 2.47. The highest BCUT2D eigenvalue weighted by atomic mass is 15.4. The fraction of sp³-hybridized carbons (Fsp3) is 0.